The van der Waals surface area contributed by atoms with Gasteiger partial charge in [0.15, 0.2) is 17.3 Å². The molecular weight excluding hydrogens is 1680 g/mol. The molecule has 633 valence electrons. The summed E-state index contributed by atoms with van der Waals surface area (Å²) in [6, 6.07) is 13.8. The van der Waals surface area contributed by atoms with Gasteiger partial charge < -0.3 is 43.1 Å². The summed E-state index contributed by atoms with van der Waals surface area (Å²) < 4.78 is 46.4. The number of carbonyl (C=O) groups is 9. The number of aliphatic carboxylic acids is 1. The number of amides is 5. The van der Waals surface area contributed by atoms with Crippen molar-refractivity contribution in [3.05, 3.63) is 126 Å². The third-order valence-corrected chi connectivity index (χ3v) is 25.4. The molecule has 3 aromatic carbocycles. The Labute approximate surface area is 833 Å². The van der Waals surface area contributed by atoms with Crippen molar-refractivity contribution >= 4 is 291 Å². The SMILES string of the molecule is CC(=O)c1nn(CC(=O)O)c2ccc(-c3cnc(C)nc3)cc12.[B]B([B])B([B])B(B([B])[B])B1CC1CNC(=O)[C@@H]1C[C@@H](F)CN1.[B]B([B])B([B])B(B([B])[B])B1CC1CNC(=O)[C@@H]1C[C@@H](F)CN1C(=O)Cn1nc(C(C)=O)c2cc(-c3cnc(C)nc3)ccc21.[B][B]B([B])B(B([B])[B])B1CC1CNC(=O)[C@@H]1C[C@@H](F)CN1C(=O)Cn1nc(C(C)=O)c2cc(-c3cnc(C)nc3)ccc21.[H-].[Li+].[Li+].[OH-]. The van der Waals surface area contributed by atoms with Gasteiger partial charge in [0.2, 0.25) is 29.5 Å². The quantitative estimate of drug-likeness (QED) is 0.0188. The molecule has 0 bridgehead atoms. The zero-order valence-electron chi connectivity index (χ0n) is 77.7. The van der Waals surface area contributed by atoms with E-state index in [1.807, 2.05) is 30.3 Å². The summed E-state index contributed by atoms with van der Waals surface area (Å²) in [4.78, 5) is 141. The zero-order chi connectivity index (χ0) is 95.9. The molecule has 3 unspecified atom stereocenters. The van der Waals surface area contributed by atoms with Crippen molar-refractivity contribution < 1.29 is 106 Å². The van der Waals surface area contributed by atoms with Gasteiger partial charge in [0.1, 0.15) is 84.8 Å². The van der Waals surface area contributed by atoms with Crippen LogP contribution in [0.25, 0.3) is 66.1 Å². The van der Waals surface area contributed by atoms with E-state index in [2.05, 4.69) is 66.5 Å². The predicted octanol–water partition coefficient (Wildman–Crippen LogP) is -10.2. The molecule has 9 aromatic rings. The number of hydrogen-bond donors (Lipinski definition) is 5. The van der Waals surface area contributed by atoms with Gasteiger partial charge in [-0.05, 0) is 73.9 Å². The first-order valence-electron chi connectivity index (χ1n) is 43.7. The van der Waals surface area contributed by atoms with E-state index in [1.54, 1.807) is 82.2 Å². The molecule has 6 saturated heterocycles. The molecule has 0 saturated carbocycles. The maximum atomic E-state index is 14.6. The number of nitrogens with zero attached hydrogens (tertiary/aromatic N) is 14. The van der Waals surface area contributed by atoms with Crippen LogP contribution in [0, 0.1) is 20.8 Å². The third kappa shape index (κ3) is 27.6. The molecule has 135 heavy (non-hydrogen) atoms. The number of fused-ring (bicyclic) bond motifs is 3. The van der Waals surface area contributed by atoms with Gasteiger partial charge >= 0.3 is 43.7 Å². The van der Waals surface area contributed by atoms with E-state index in [-0.39, 0.29) is 200 Å². The van der Waals surface area contributed by atoms with Gasteiger partial charge in [0, 0.05) is 322 Å². The summed E-state index contributed by atoms with van der Waals surface area (Å²) in [6.45, 7) is 10.1. The van der Waals surface area contributed by atoms with E-state index in [1.165, 1.54) is 51.7 Å². The number of Topliss-reactive ketones (excluding diaryl/α,β-unsaturated/α-hetero) is 3. The normalized spacial score (nSPS) is 18.5. The molecule has 0 spiro atoms. The first-order chi connectivity index (χ1) is 62.6. The molecule has 63 heteroatoms. The van der Waals surface area contributed by atoms with E-state index >= 15 is 0 Å². The van der Waals surface area contributed by atoms with Crippen LogP contribution in [0.4, 0.5) is 13.2 Å². The van der Waals surface area contributed by atoms with Crippen molar-refractivity contribution in [1.82, 2.24) is 90.3 Å². The smallest absolute Gasteiger partial charge is 1.00 e. The molecule has 6 N–H and O–H groups in total. The number of rotatable bonds is 33. The maximum absolute atomic E-state index is 14.6. The van der Waals surface area contributed by atoms with Gasteiger partial charge in [0.25, 0.3) is 0 Å². The fraction of sp³-hybridized carbons (Fsp3) is 0.417. The number of carboxylic acid groups (broad SMARTS) is 1. The number of aromatic nitrogens is 12. The minimum Gasteiger partial charge on any atom is -1.00 e. The Bertz CT molecular complexity index is 5730. The molecule has 0 aliphatic carbocycles. The summed E-state index contributed by atoms with van der Waals surface area (Å²) in [6.07, 6.45) is 3.24. The van der Waals surface area contributed by atoms with Crippen LogP contribution >= 0.6 is 0 Å². The average molecular weight is 1760 g/mol. The molecule has 6 aliphatic rings. The molecule has 5 amide bonds. The number of ketones is 3. The number of aryl methyl sites for hydroxylation is 3. The second-order valence-corrected chi connectivity index (χ2v) is 35.2. The van der Waals surface area contributed by atoms with Gasteiger partial charge in [0.05, 0.1) is 55.5 Å². The number of likely N-dealkylation sites (tertiary alicyclic amines) is 2. The van der Waals surface area contributed by atoms with Crippen LogP contribution in [0.15, 0.2) is 91.8 Å². The van der Waals surface area contributed by atoms with Crippen molar-refractivity contribution in [3.63, 3.8) is 0 Å². The number of hydrogen-bond acceptors (Lipinski definition) is 20. The first-order valence-corrected chi connectivity index (χ1v) is 43.7. The second kappa shape index (κ2) is 48.7. The van der Waals surface area contributed by atoms with Crippen molar-refractivity contribution in [2.45, 2.75) is 153 Å². The number of nitrogens with one attached hydrogen (secondary N) is 4. The van der Waals surface area contributed by atoms with Crippen molar-refractivity contribution in [2.75, 3.05) is 39.3 Å². The summed E-state index contributed by atoms with van der Waals surface area (Å²) >= 11 is 0. The summed E-state index contributed by atoms with van der Waals surface area (Å²) in [7, 11) is 83.2. The Kier molecular flexibility index (Phi) is 39.9. The van der Waals surface area contributed by atoms with Crippen LogP contribution < -0.4 is 59.0 Å². The van der Waals surface area contributed by atoms with Gasteiger partial charge in [-0.25, -0.2) is 43.1 Å². The minimum atomic E-state index is -1.35. The monoisotopic (exact) mass is 1760 g/mol. The van der Waals surface area contributed by atoms with E-state index in [0.717, 1.165) is 52.3 Å². The topological polar surface area (TPSA) is 389 Å². The Morgan fingerprint density at radius 2 is 0.770 bits per heavy atom. The van der Waals surface area contributed by atoms with Gasteiger partial charge in [-0.15, -0.1) is 0 Å². The molecule has 29 radical (unpaired) electrons. The largest absolute Gasteiger partial charge is 1.00 e. The van der Waals surface area contributed by atoms with Crippen molar-refractivity contribution in [2.24, 2.45) is 0 Å². The van der Waals surface area contributed by atoms with Crippen LogP contribution in [0.5, 0.6) is 0 Å². The molecule has 29 nitrogen and oxygen atoms in total. The van der Waals surface area contributed by atoms with Crippen molar-refractivity contribution in [3.8, 4) is 33.4 Å². The third-order valence-electron chi connectivity index (χ3n) is 25.4. The fourth-order valence-electron chi connectivity index (χ4n) is 18.0. The second-order valence-electron chi connectivity index (χ2n) is 35.2. The van der Waals surface area contributed by atoms with E-state index in [0.29, 0.717) is 69.8 Å². The van der Waals surface area contributed by atoms with Crippen LogP contribution in [0.3, 0.4) is 0 Å². The van der Waals surface area contributed by atoms with Crippen LogP contribution in [0.2, 0.25) is 36.4 Å². The number of carbonyl (C=O) groups excluding carboxylic acids is 8. The summed E-state index contributed by atoms with van der Waals surface area (Å²) in [5.74, 6) is -1.39. The summed E-state index contributed by atoms with van der Waals surface area (Å²) in [5.41, 5.74) is 7.16. The minimum absolute atomic E-state index is 0. The number of benzene rings is 3. The molecular formula is C72H79B29F3Li2N18O11. The molecule has 15 rings (SSSR count). The number of alkyl halides is 3. The molecule has 6 aliphatic heterocycles. The van der Waals surface area contributed by atoms with E-state index in [4.69, 9.17) is 113 Å². The maximum Gasteiger partial charge on any atom is 1.00 e. The zero-order valence-corrected chi connectivity index (χ0v) is 76.7. The molecule has 9 atom stereocenters. The van der Waals surface area contributed by atoms with Crippen molar-refractivity contribution in [1.29, 1.82) is 0 Å². The van der Waals surface area contributed by atoms with Crippen LogP contribution in [-0.2, 0) is 48.4 Å². The molecule has 6 aromatic heterocycles. The van der Waals surface area contributed by atoms with E-state index in [9.17, 15) is 56.3 Å². The Balaban J connectivity index is 0.000000230. The van der Waals surface area contributed by atoms with Gasteiger partial charge in [-0.3, -0.25) is 57.2 Å². The molecule has 12 heterocycles. The standard InChI is InChI=1S/C24H25B10FN6O3.C24H25B9FN6O3.C16H14N4O3.C8H13B10FN2O.2Li.H2O.H/c1-13(42)23-19-5-15(16-8-36-14(2)37-9-16)3-4-20(19)41(39-23)12-22(43)40-11-18(35)6-21(40)24(44)38-10-17-7-30(17)34(32(27)28)33(29)31(25)26;1-13(41)23-19-5-15(16-8-35-14(2)36-9-16)3-4-20(19)40(38-23)12-22(42)39-11-18(34)6-21(39)24(43)37-10-17-7-30(17)33(31(26)27)32(28)29-25;1-9(21)16-13-5-11(12-6-17-10(2)18-7-12)3-4-14(13)20(19-16)8-15(22)23;9-15(10)17(13)18(16(11)12)14-2-5(14)3-21-8(22)7-1-6(19)4-20-7;;;;/h3-5,8-9,17-18,21H,6-7,10-12H2,1-2H3,(H,38,44);3-5,8-9,17-18,21H,6-7,10-12H2,1-2H3,(H,37,43);3-7H,8H2,1-2H3,(H,22,23);5-7,20H,1-4H2,(H,21,22);;;1H2;/q;;;;2*+1;;-1/p-1/t2*17?,18-,21+;;5?,6-,7+;;;;/m11.1..../s1. The Morgan fingerprint density at radius 3 is 1.05 bits per heavy atom. The van der Waals surface area contributed by atoms with Gasteiger partial charge in [-0.1, -0.05) is 54.6 Å². The van der Waals surface area contributed by atoms with Crippen LogP contribution in [0.1, 0.15) is 90.4 Å². The summed E-state index contributed by atoms with van der Waals surface area (Å²) in [5, 5.41) is 35.1. The van der Waals surface area contributed by atoms with Crippen LogP contribution in [-0.4, -0.2) is 414 Å². The average Bonchev–Trinajstić information content (AvgIpc) is 1.60. The number of carboxylic acids is 1. The number of halogens is 3. The first kappa shape index (κ1) is 111. The van der Waals surface area contributed by atoms with Gasteiger partial charge in [-0.2, -0.15) is 15.3 Å². The Morgan fingerprint density at radius 1 is 0.459 bits per heavy atom. The fourth-order valence-corrected chi connectivity index (χ4v) is 18.0. The Hall–Kier alpha value is -8.07. The molecule has 6 fully saturated rings. The van der Waals surface area contributed by atoms with E-state index < -0.39 is 117 Å². The predicted molar refractivity (Wildman–Crippen MR) is 540 cm³/mol.